The molecule has 4 heteroatoms. The van der Waals surface area contributed by atoms with Crippen LogP contribution in [0.2, 0.25) is 0 Å². The van der Waals surface area contributed by atoms with Crippen molar-refractivity contribution < 1.29 is 4.74 Å². The lowest BCUT2D eigenvalue weighted by Crippen LogP contribution is -1.99. The van der Waals surface area contributed by atoms with Crippen molar-refractivity contribution in [1.29, 1.82) is 0 Å². The van der Waals surface area contributed by atoms with Crippen LogP contribution in [0.3, 0.4) is 0 Å². The van der Waals surface area contributed by atoms with Crippen molar-refractivity contribution in [2.45, 2.75) is 13.3 Å². The average molecular weight is 276 g/mol. The van der Waals surface area contributed by atoms with Crippen LogP contribution in [0.5, 0.6) is 5.75 Å². The summed E-state index contributed by atoms with van der Waals surface area (Å²) < 4.78 is 6.34. The minimum absolute atomic E-state index is 0.761. The summed E-state index contributed by atoms with van der Waals surface area (Å²) in [4.78, 5) is 4.08. The number of pyridine rings is 1. The molecule has 0 aliphatic rings. The number of thioether (sulfide) groups is 1. The second kappa shape index (κ2) is 7.12. The van der Waals surface area contributed by atoms with E-state index in [-0.39, 0.29) is 0 Å². The van der Waals surface area contributed by atoms with Gasteiger partial charge in [-0.05, 0) is 46.0 Å². The van der Waals surface area contributed by atoms with Crippen molar-refractivity contribution in [3.63, 3.8) is 0 Å². The van der Waals surface area contributed by atoms with E-state index in [4.69, 9.17) is 4.74 Å². The van der Waals surface area contributed by atoms with E-state index in [1.165, 1.54) is 5.75 Å². The van der Waals surface area contributed by atoms with Crippen molar-refractivity contribution in [2.75, 3.05) is 18.1 Å². The van der Waals surface area contributed by atoms with Gasteiger partial charge in [0, 0.05) is 6.20 Å². The van der Waals surface area contributed by atoms with Gasteiger partial charge in [0.2, 0.25) is 0 Å². The summed E-state index contributed by atoms with van der Waals surface area (Å²) in [6.07, 6.45) is 2.82. The standard InChI is InChI=1S/C10H14BrNOS/c1-2-14-8-4-7-13-9-5-3-6-12-10(9)11/h3,5-6H,2,4,7-8H2,1H3. The molecule has 0 N–H and O–H groups in total. The van der Waals surface area contributed by atoms with Crippen LogP contribution in [0.1, 0.15) is 13.3 Å². The Kier molecular flexibility index (Phi) is 6.03. The molecule has 0 aromatic carbocycles. The molecule has 0 bridgehead atoms. The molecule has 78 valence electrons. The van der Waals surface area contributed by atoms with Crippen LogP contribution in [0.4, 0.5) is 0 Å². The molecule has 0 fully saturated rings. The van der Waals surface area contributed by atoms with Crippen LogP contribution < -0.4 is 4.74 Å². The maximum absolute atomic E-state index is 5.56. The summed E-state index contributed by atoms with van der Waals surface area (Å²) in [6.45, 7) is 2.93. The van der Waals surface area contributed by atoms with Gasteiger partial charge in [-0.2, -0.15) is 11.8 Å². The van der Waals surface area contributed by atoms with E-state index in [1.807, 2.05) is 23.9 Å². The van der Waals surface area contributed by atoms with Crippen LogP contribution in [0.15, 0.2) is 22.9 Å². The summed E-state index contributed by atoms with van der Waals surface area (Å²) >= 11 is 5.28. The molecular formula is C10H14BrNOS. The predicted octanol–water partition coefficient (Wildman–Crippen LogP) is 3.37. The number of rotatable bonds is 6. The van der Waals surface area contributed by atoms with Gasteiger partial charge in [-0.25, -0.2) is 4.98 Å². The first-order valence-electron chi connectivity index (χ1n) is 4.65. The molecule has 0 unspecified atom stereocenters. The van der Waals surface area contributed by atoms with E-state index < -0.39 is 0 Å². The van der Waals surface area contributed by atoms with Crippen molar-refractivity contribution in [1.82, 2.24) is 4.98 Å². The average Bonchev–Trinajstić information content (AvgIpc) is 2.20. The quantitative estimate of drug-likeness (QED) is 0.587. The number of halogens is 1. The van der Waals surface area contributed by atoms with Crippen molar-refractivity contribution in [3.8, 4) is 5.75 Å². The van der Waals surface area contributed by atoms with E-state index in [0.29, 0.717) is 0 Å². The molecule has 0 amide bonds. The van der Waals surface area contributed by atoms with Crippen LogP contribution in [0, 0.1) is 0 Å². The fraction of sp³-hybridized carbons (Fsp3) is 0.500. The van der Waals surface area contributed by atoms with Gasteiger partial charge >= 0.3 is 0 Å². The Bertz CT molecular complexity index is 270. The van der Waals surface area contributed by atoms with Gasteiger partial charge < -0.3 is 4.74 Å². The first-order chi connectivity index (χ1) is 6.84. The molecule has 14 heavy (non-hydrogen) atoms. The number of hydrogen-bond acceptors (Lipinski definition) is 3. The lowest BCUT2D eigenvalue weighted by molar-refractivity contribution is 0.315. The Morgan fingerprint density at radius 1 is 1.57 bits per heavy atom. The van der Waals surface area contributed by atoms with Crippen LogP contribution in [0.25, 0.3) is 0 Å². The zero-order valence-electron chi connectivity index (χ0n) is 8.20. The molecule has 0 radical (unpaired) electrons. The molecule has 1 rings (SSSR count). The number of ether oxygens (including phenoxy) is 1. The van der Waals surface area contributed by atoms with E-state index in [0.717, 1.165) is 29.1 Å². The molecule has 1 aromatic rings. The Morgan fingerprint density at radius 2 is 2.43 bits per heavy atom. The Morgan fingerprint density at radius 3 is 3.14 bits per heavy atom. The van der Waals surface area contributed by atoms with Gasteiger partial charge in [-0.15, -0.1) is 0 Å². The Labute approximate surface area is 97.6 Å². The summed E-state index contributed by atoms with van der Waals surface area (Å²) in [5, 5.41) is 0. The zero-order valence-corrected chi connectivity index (χ0v) is 10.6. The zero-order chi connectivity index (χ0) is 10.2. The third-order valence-electron chi connectivity index (χ3n) is 1.62. The van der Waals surface area contributed by atoms with Gasteiger partial charge in [0.25, 0.3) is 0 Å². The highest BCUT2D eigenvalue weighted by Crippen LogP contribution is 2.21. The highest BCUT2D eigenvalue weighted by molar-refractivity contribution is 9.10. The van der Waals surface area contributed by atoms with Gasteiger partial charge in [0.05, 0.1) is 6.61 Å². The second-order valence-electron chi connectivity index (χ2n) is 2.69. The van der Waals surface area contributed by atoms with Crippen LogP contribution in [-0.4, -0.2) is 23.1 Å². The molecule has 0 aliphatic carbocycles. The van der Waals surface area contributed by atoms with Crippen LogP contribution >= 0.6 is 27.7 Å². The van der Waals surface area contributed by atoms with E-state index in [2.05, 4.69) is 27.8 Å². The normalized spacial score (nSPS) is 10.1. The van der Waals surface area contributed by atoms with Crippen LogP contribution in [-0.2, 0) is 0 Å². The molecular weight excluding hydrogens is 262 g/mol. The third-order valence-corrected chi connectivity index (χ3v) is 3.20. The summed E-state index contributed by atoms with van der Waals surface area (Å²) in [6, 6.07) is 3.80. The molecule has 0 spiro atoms. The molecule has 1 aromatic heterocycles. The van der Waals surface area contributed by atoms with Crippen molar-refractivity contribution in [2.24, 2.45) is 0 Å². The summed E-state index contributed by atoms with van der Waals surface area (Å²) in [7, 11) is 0. The number of nitrogens with zero attached hydrogens (tertiary/aromatic N) is 1. The molecule has 0 saturated carbocycles. The van der Waals surface area contributed by atoms with Gasteiger partial charge in [0.1, 0.15) is 4.60 Å². The summed E-state index contributed by atoms with van der Waals surface area (Å²) in [5.41, 5.74) is 0. The minimum atomic E-state index is 0.761. The first kappa shape index (κ1) is 11.9. The largest absolute Gasteiger partial charge is 0.491 e. The van der Waals surface area contributed by atoms with Crippen molar-refractivity contribution >= 4 is 27.7 Å². The lowest BCUT2D eigenvalue weighted by Gasteiger charge is -2.06. The smallest absolute Gasteiger partial charge is 0.152 e. The molecule has 0 saturated heterocycles. The maximum atomic E-state index is 5.56. The third kappa shape index (κ3) is 4.33. The fourth-order valence-corrected chi connectivity index (χ4v) is 1.94. The van der Waals surface area contributed by atoms with Gasteiger partial charge in [-0.3, -0.25) is 0 Å². The first-order valence-corrected chi connectivity index (χ1v) is 6.60. The minimum Gasteiger partial charge on any atom is -0.491 e. The molecule has 2 nitrogen and oxygen atoms in total. The SMILES string of the molecule is CCSCCCOc1cccnc1Br. The molecule has 0 atom stereocenters. The molecule has 1 heterocycles. The van der Waals surface area contributed by atoms with E-state index in [1.54, 1.807) is 6.20 Å². The fourth-order valence-electron chi connectivity index (χ4n) is 0.966. The van der Waals surface area contributed by atoms with E-state index >= 15 is 0 Å². The van der Waals surface area contributed by atoms with Crippen molar-refractivity contribution in [3.05, 3.63) is 22.9 Å². The maximum Gasteiger partial charge on any atom is 0.152 e. The summed E-state index contributed by atoms with van der Waals surface area (Å²) in [5.74, 6) is 3.17. The number of hydrogen-bond donors (Lipinski definition) is 0. The predicted molar refractivity (Wildman–Crippen MR) is 65.0 cm³/mol. The highest BCUT2D eigenvalue weighted by atomic mass is 79.9. The Balaban J connectivity index is 2.21. The Hall–Kier alpha value is -0.220. The van der Waals surface area contributed by atoms with Gasteiger partial charge in [-0.1, -0.05) is 6.92 Å². The monoisotopic (exact) mass is 275 g/mol. The number of aromatic nitrogens is 1. The lowest BCUT2D eigenvalue weighted by atomic mass is 10.4. The topological polar surface area (TPSA) is 22.1 Å². The molecule has 0 aliphatic heterocycles. The second-order valence-corrected chi connectivity index (χ2v) is 4.84. The van der Waals surface area contributed by atoms with Gasteiger partial charge in [0.15, 0.2) is 5.75 Å². The van der Waals surface area contributed by atoms with E-state index in [9.17, 15) is 0 Å². The highest BCUT2D eigenvalue weighted by Gasteiger charge is 1.99.